The number of fused-ring (bicyclic) bond motifs is 2. The third-order valence-corrected chi connectivity index (χ3v) is 4.41. The number of nitrogens with one attached hydrogen (secondary N) is 1. The molecule has 6 nitrogen and oxygen atoms in total. The van der Waals surface area contributed by atoms with Crippen molar-refractivity contribution in [2.24, 2.45) is 0 Å². The highest BCUT2D eigenvalue weighted by Gasteiger charge is 2.25. The normalized spacial score (nSPS) is 21.4. The predicted octanol–water partition coefficient (Wildman–Crippen LogP) is 2.24. The number of epoxide rings is 2. The summed E-state index contributed by atoms with van der Waals surface area (Å²) >= 11 is 0. The Morgan fingerprint density at radius 3 is 2.48 bits per heavy atom. The van der Waals surface area contributed by atoms with E-state index in [0.717, 1.165) is 12.1 Å². The number of H-pyrrole nitrogens is 1. The summed E-state index contributed by atoms with van der Waals surface area (Å²) in [7, 11) is 0. The number of benzene rings is 2. The Hall–Kier alpha value is -2.57. The molecule has 25 heavy (non-hydrogen) atoms. The third kappa shape index (κ3) is 2.94. The van der Waals surface area contributed by atoms with E-state index in [-0.39, 0.29) is 17.6 Å². The smallest absolute Gasteiger partial charge is 0.200 e. The number of ether oxygens (including phenoxy) is 4. The van der Waals surface area contributed by atoms with Crippen LogP contribution in [0.1, 0.15) is 0 Å². The van der Waals surface area contributed by atoms with Gasteiger partial charge in [-0.3, -0.25) is 4.79 Å². The number of pyridine rings is 1. The van der Waals surface area contributed by atoms with Gasteiger partial charge in [-0.2, -0.15) is 0 Å². The van der Waals surface area contributed by atoms with Crippen molar-refractivity contribution in [1.82, 2.24) is 4.98 Å². The van der Waals surface area contributed by atoms with E-state index in [1.54, 1.807) is 6.07 Å². The zero-order chi connectivity index (χ0) is 16.8. The molecule has 0 spiro atoms. The molecule has 5 rings (SSSR count). The molecular weight excluding hydrogens is 322 g/mol. The van der Waals surface area contributed by atoms with Gasteiger partial charge in [-0.05, 0) is 12.1 Å². The van der Waals surface area contributed by atoms with E-state index < -0.39 is 0 Å². The van der Waals surface area contributed by atoms with Crippen LogP contribution in [0.25, 0.3) is 21.8 Å². The van der Waals surface area contributed by atoms with Crippen molar-refractivity contribution in [1.29, 1.82) is 0 Å². The molecule has 2 aliphatic heterocycles. The number of aromatic amines is 1. The second-order valence-electron chi connectivity index (χ2n) is 6.38. The fourth-order valence-corrected chi connectivity index (χ4v) is 2.89. The monoisotopic (exact) mass is 339 g/mol. The molecular formula is C19H17NO5. The van der Waals surface area contributed by atoms with Crippen molar-refractivity contribution in [2.75, 3.05) is 26.4 Å². The van der Waals surface area contributed by atoms with Crippen LogP contribution in [0.2, 0.25) is 0 Å². The second kappa shape index (κ2) is 5.75. The third-order valence-electron chi connectivity index (χ3n) is 4.41. The maximum Gasteiger partial charge on any atom is 0.200 e. The summed E-state index contributed by atoms with van der Waals surface area (Å²) in [4.78, 5) is 16.3. The van der Waals surface area contributed by atoms with Gasteiger partial charge in [0, 0.05) is 23.0 Å². The van der Waals surface area contributed by atoms with E-state index in [4.69, 9.17) is 18.9 Å². The Balaban J connectivity index is 1.63. The van der Waals surface area contributed by atoms with Crippen LogP contribution >= 0.6 is 0 Å². The van der Waals surface area contributed by atoms with Crippen LogP contribution in [0, 0.1) is 0 Å². The first-order chi connectivity index (χ1) is 12.3. The van der Waals surface area contributed by atoms with Crippen LogP contribution in [0.5, 0.6) is 11.5 Å². The Kier molecular flexibility index (Phi) is 3.39. The number of hydrogen-bond acceptors (Lipinski definition) is 5. The molecule has 1 N–H and O–H groups in total. The van der Waals surface area contributed by atoms with E-state index in [0.29, 0.717) is 47.6 Å². The number of hydrogen-bond donors (Lipinski definition) is 1. The first-order valence-electron chi connectivity index (χ1n) is 8.35. The largest absolute Gasteiger partial charge is 0.491 e. The highest BCUT2D eigenvalue weighted by molar-refractivity contribution is 5.96. The molecule has 0 amide bonds. The van der Waals surface area contributed by atoms with Crippen LogP contribution < -0.4 is 14.9 Å². The molecule has 2 unspecified atom stereocenters. The fourth-order valence-electron chi connectivity index (χ4n) is 2.89. The van der Waals surface area contributed by atoms with E-state index in [1.807, 2.05) is 30.3 Å². The molecule has 0 aliphatic carbocycles. The van der Waals surface area contributed by atoms with Crippen LogP contribution in [0.15, 0.2) is 41.2 Å². The Bertz CT molecular complexity index is 1000. The lowest BCUT2D eigenvalue weighted by atomic mass is 10.1. The van der Waals surface area contributed by atoms with Gasteiger partial charge < -0.3 is 23.9 Å². The zero-order valence-electron chi connectivity index (χ0n) is 13.5. The molecule has 0 radical (unpaired) electrons. The van der Waals surface area contributed by atoms with Gasteiger partial charge in [0.1, 0.15) is 36.9 Å². The second-order valence-corrected chi connectivity index (χ2v) is 6.38. The number of rotatable bonds is 6. The lowest BCUT2D eigenvalue weighted by Gasteiger charge is -2.12. The van der Waals surface area contributed by atoms with Crippen molar-refractivity contribution in [2.45, 2.75) is 12.2 Å². The zero-order valence-corrected chi connectivity index (χ0v) is 13.5. The lowest BCUT2D eigenvalue weighted by Crippen LogP contribution is -2.11. The van der Waals surface area contributed by atoms with Gasteiger partial charge in [0.2, 0.25) is 5.43 Å². The average Bonchev–Trinajstić information content (AvgIpc) is 3.53. The van der Waals surface area contributed by atoms with Crippen LogP contribution in [0.4, 0.5) is 0 Å². The van der Waals surface area contributed by atoms with Gasteiger partial charge in [0.05, 0.1) is 24.1 Å². The fraction of sp³-hybridized carbons (Fsp3) is 0.316. The topological polar surface area (TPSA) is 76.4 Å². The molecule has 3 heterocycles. The van der Waals surface area contributed by atoms with Crippen molar-refractivity contribution in [3.8, 4) is 11.5 Å². The van der Waals surface area contributed by atoms with Gasteiger partial charge >= 0.3 is 0 Å². The maximum atomic E-state index is 13.0. The molecule has 0 saturated carbocycles. The summed E-state index contributed by atoms with van der Waals surface area (Å²) in [6, 6.07) is 11.1. The van der Waals surface area contributed by atoms with Crippen LogP contribution in [-0.4, -0.2) is 43.6 Å². The minimum Gasteiger partial charge on any atom is -0.491 e. The molecule has 2 atom stereocenters. The molecule has 2 fully saturated rings. The summed E-state index contributed by atoms with van der Waals surface area (Å²) in [6.07, 6.45) is 0.273. The van der Waals surface area contributed by atoms with Crippen molar-refractivity contribution >= 4 is 21.8 Å². The Morgan fingerprint density at radius 2 is 1.72 bits per heavy atom. The molecule has 3 aromatic rings. The van der Waals surface area contributed by atoms with Crippen molar-refractivity contribution < 1.29 is 18.9 Å². The van der Waals surface area contributed by atoms with Gasteiger partial charge in [-0.25, -0.2) is 0 Å². The number of aromatic nitrogens is 1. The summed E-state index contributed by atoms with van der Waals surface area (Å²) in [5, 5.41) is 1.18. The van der Waals surface area contributed by atoms with E-state index >= 15 is 0 Å². The quantitative estimate of drug-likeness (QED) is 0.550. The molecule has 6 heteroatoms. The summed E-state index contributed by atoms with van der Waals surface area (Å²) in [5.74, 6) is 1.17. The minimum absolute atomic E-state index is 0.0480. The molecule has 1 aromatic heterocycles. The highest BCUT2D eigenvalue weighted by atomic mass is 16.6. The first kappa shape index (κ1) is 14.7. The van der Waals surface area contributed by atoms with Crippen LogP contribution in [0.3, 0.4) is 0 Å². The summed E-state index contributed by atoms with van der Waals surface area (Å²) in [6.45, 7) is 2.36. The first-order valence-corrected chi connectivity index (χ1v) is 8.35. The molecule has 2 saturated heterocycles. The van der Waals surface area contributed by atoms with E-state index in [9.17, 15) is 4.79 Å². The van der Waals surface area contributed by atoms with Gasteiger partial charge in [0.25, 0.3) is 0 Å². The predicted molar refractivity (Wildman–Crippen MR) is 92.5 cm³/mol. The molecule has 0 bridgehead atoms. The van der Waals surface area contributed by atoms with E-state index in [1.165, 1.54) is 0 Å². The van der Waals surface area contributed by atoms with Crippen molar-refractivity contribution in [3.63, 3.8) is 0 Å². The summed E-state index contributed by atoms with van der Waals surface area (Å²) in [5.41, 5.74) is 1.44. The Labute approximate surface area is 143 Å². The molecule has 2 aromatic carbocycles. The van der Waals surface area contributed by atoms with Gasteiger partial charge in [-0.1, -0.05) is 12.1 Å². The van der Waals surface area contributed by atoms with Crippen molar-refractivity contribution in [3.05, 3.63) is 46.6 Å². The number of para-hydroxylation sites is 1. The van der Waals surface area contributed by atoms with E-state index in [2.05, 4.69) is 4.98 Å². The van der Waals surface area contributed by atoms with Crippen LogP contribution in [-0.2, 0) is 9.47 Å². The lowest BCUT2D eigenvalue weighted by molar-refractivity contribution is 0.254. The average molecular weight is 339 g/mol. The standard InChI is InChI=1S/C19H17NO5/c21-19-14-3-1-2-4-15(14)20-16-5-11(22-7-12-8-23-12)6-17(18(16)19)25-10-13-9-24-13/h1-6,12-13H,7-10H2,(H,20,21). The minimum atomic E-state index is -0.0480. The SMILES string of the molecule is O=c1c2ccccc2[nH]c2cc(OCC3CO3)cc(OCC3CO3)c12. The molecule has 128 valence electrons. The Morgan fingerprint density at radius 1 is 1.00 bits per heavy atom. The highest BCUT2D eigenvalue weighted by Crippen LogP contribution is 2.31. The van der Waals surface area contributed by atoms with Gasteiger partial charge in [0.15, 0.2) is 0 Å². The molecule has 2 aliphatic rings. The summed E-state index contributed by atoms with van der Waals surface area (Å²) < 4.78 is 22.1. The van der Waals surface area contributed by atoms with Gasteiger partial charge in [-0.15, -0.1) is 0 Å². The maximum absolute atomic E-state index is 13.0.